The van der Waals surface area contributed by atoms with E-state index in [1.165, 1.54) is 15.9 Å². The molecule has 7 heteroatoms. The molecule has 0 unspecified atom stereocenters. The normalized spacial score (nSPS) is 12.1. The van der Waals surface area contributed by atoms with Gasteiger partial charge in [-0.2, -0.15) is 9.50 Å². The van der Waals surface area contributed by atoms with Gasteiger partial charge in [-0.05, 0) is 24.3 Å². The van der Waals surface area contributed by atoms with Gasteiger partial charge in [0.15, 0.2) is 5.82 Å². The second-order valence-electron chi connectivity index (χ2n) is 6.09. The fourth-order valence-electron chi connectivity index (χ4n) is 2.91. The average Bonchev–Trinajstić information content (AvgIpc) is 3.41. The van der Waals surface area contributed by atoms with Gasteiger partial charge in [-0.1, -0.05) is 65.4 Å². The largest absolute Gasteiger partial charge is 0.457 e. The fourth-order valence-corrected chi connectivity index (χ4v) is 4.03. The topological polar surface area (TPSA) is 60.4 Å². The van der Waals surface area contributed by atoms with Gasteiger partial charge in [0.05, 0.1) is 5.02 Å². The maximum Gasteiger partial charge on any atom is 0.291 e. The van der Waals surface area contributed by atoms with E-state index in [0.29, 0.717) is 31.9 Å². The Balaban J connectivity index is 1.54. The van der Waals surface area contributed by atoms with Crippen molar-refractivity contribution in [1.82, 2.24) is 14.6 Å². The summed E-state index contributed by atoms with van der Waals surface area (Å²) in [7, 11) is 0. The van der Waals surface area contributed by atoms with Gasteiger partial charge in [0, 0.05) is 17.2 Å². The zero-order valence-corrected chi connectivity index (χ0v) is 15.9. The van der Waals surface area contributed by atoms with E-state index in [-0.39, 0.29) is 5.56 Å². The molecule has 0 aliphatic carbocycles. The number of benzene rings is 2. The minimum Gasteiger partial charge on any atom is -0.457 e. The van der Waals surface area contributed by atoms with E-state index < -0.39 is 0 Å². The van der Waals surface area contributed by atoms with Crippen molar-refractivity contribution in [2.75, 3.05) is 0 Å². The molecule has 3 aromatic heterocycles. The van der Waals surface area contributed by atoms with Crippen LogP contribution in [0.1, 0.15) is 5.76 Å². The molecule has 0 fully saturated rings. The Bertz CT molecular complexity index is 1400. The number of halogens is 1. The van der Waals surface area contributed by atoms with Gasteiger partial charge in [-0.25, -0.2) is 0 Å². The maximum atomic E-state index is 12.7. The van der Waals surface area contributed by atoms with Crippen LogP contribution in [0.3, 0.4) is 0 Å². The van der Waals surface area contributed by atoms with Crippen LogP contribution in [0.2, 0.25) is 5.02 Å². The lowest BCUT2D eigenvalue weighted by atomic mass is 10.2. The summed E-state index contributed by atoms with van der Waals surface area (Å²) in [6, 6.07) is 20.7. The van der Waals surface area contributed by atoms with Gasteiger partial charge in [-0.3, -0.25) is 4.79 Å². The van der Waals surface area contributed by atoms with Gasteiger partial charge in [0.25, 0.3) is 5.56 Å². The zero-order chi connectivity index (χ0) is 19.1. The van der Waals surface area contributed by atoms with E-state index >= 15 is 0 Å². The van der Waals surface area contributed by atoms with Gasteiger partial charge < -0.3 is 4.42 Å². The molecule has 0 radical (unpaired) electrons. The third-order valence-corrected chi connectivity index (χ3v) is 5.54. The summed E-state index contributed by atoms with van der Waals surface area (Å²) in [5.41, 5.74) is 1.46. The quantitative estimate of drug-likeness (QED) is 0.449. The standard InChI is InChI=1S/C21H12ClN3O2S/c22-16-9-5-4-8-15(16)17-11-10-14(27-17)12-18-20(26)25-21(28-18)23-19(24-25)13-6-2-1-3-7-13/h1-12H/b18-12-. The van der Waals surface area contributed by atoms with Crippen molar-refractivity contribution in [3.8, 4) is 22.7 Å². The second kappa shape index (κ2) is 6.74. The first-order chi connectivity index (χ1) is 13.7. The third-order valence-electron chi connectivity index (χ3n) is 4.25. The number of hydrogen-bond acceptors (Lipinski definition) is 5. The van der Waals surface area contributed by atoms with Crippen molar-refractivity contribution in [2.45, 2.75) is 0 Å². The molecule has 136 valence electrons. The van der Waals surface area contributed by atoms with Crippen molar-refractivity contribution >= 4 is 34.0 Å². The molecule has 0 bridgehead atoms. The van der Waals surface area contributed by atoms with Crippen LogP contribution in [0, 0.1) is 0 Å². The molecule has 5 aromatic rings. The van der Waals surface area contributed by atoms with Crippen molar-refractivity contribution in [3.05, 3.63) is 92.4 Å². The minimum absolute atomic E-state index is 0.217. The lowest BCUT2D eigenvalue weighted by molar-refractivity contribution is 0.571. The molecule has 0 spiro atoms. The van der Waals surface area contributed by atoms with Crippen LogP contribution < -0.4 is 10.1 Å². The first kappa shape index (κ1) is 16.9. The van der Waals surface area contributed by atoms with Crippen LogP contribution in [0.25, 0.3) is 33.7 Å². The van der Waals surface area contributed by atoms with E-state index in [2.05, 4.69) is 10.1 Å². The summed E-state index contributed by atoms with van der Waals surface area (Å²) >= 11 is 7.50. The molecule has 5 rings (SSSR count). The number of thiazole rings is 1. The Hall–Kier alpha value is -3.22. The highest BCUT2D eigenvalue weighted by Gasteiger charge is 2.12. The van der Waals surface area contributed by atoms with E-state index in [9.17, 15) is 4.79 Å². The molecular formula is C21H12ClN3O2S. The number of aromatic nitrogens is 3. The van der Waals surface area contributed by atoms with Crippen molar-refractivity contribution in [2.24, 2.45) is 0 Å². The van der Waals surface area contributed by atoms with E-state index in [1.807, 2.05) is 66.7 Å². The van der Waals surface area contributed by atoms with Crippen LogP contribution >= 0.6 is 22.9 Å². The number of furan rings is 1. The van der Waals surface area contributed by atoms with Crippen LogP contribution in [0.4, 0.5) is 0 Å². The Morgan fingerprint density at radius 3 is 2.57 bits per heavy atom. The molecule has 0 atom stereocenters. The molecule has 2 aromatic carbocycles. The maximum absolute atomic E-state index is 12.7. The number of rotatable bonds is 3. The number of nitrogens with zero attached hydrogens (tertiary/aromatic N) is 3. The molecule has 28 heavy (non-hydrogen) atoms. The number of fused-ring (bicyclic) bond motifs is 1. The number of hydrogen-bond donors (Lipinski definition) is 0. The Morgan fingerprint density at radius 2 is 1.79 bits per heavy atom. The van der Waals surface area contributed by atoms with E-state index in [1.54, 1.807) is 6.08 Å². The Labute approximate surface area is 168 Å². The summed E-state index contributed by atoms with van der Waals surface area (Å²) in [5, 5.41) is 4.96. The highest BCUT2D eigenvalue weighted by Crippen LogP contribution is 2.29. The van der Waals surface area contributed by atoms with Crippen LogP contribution in [-0.4, -0.2) is 14.6 Å². The summed E-state index contributed by atoms with van der Waals surface area (Å²) in [4.78, 5) is 17.7. The monoisotopic (exact) mass is 405 g/mol. The highest BCUT2D eigenvalue weighted by molar-refractivity contribution is 7.15. The van der Waals surface area contributed by atoms with E-state index in [0.717, 1.165) is 11.1 Å². The first-order valence-electron chi connectivity index (χ1n) is 8.50. The molecular weight excluding hydrogens is 394 g/mol. The van der Waals surface area contributed by atoms with Crippen molar-refractivity contribution in [3.63, 3.8) is 0 Å². The highest BCUT2D eigenvalue weighted by atomic mass is 35.5. The lowest BCUT2D eigenvalue weighted by Crippen LogP contribution is -2.23. The SMILES string of the molecule is O=c1/c(=C/c2ccc(-c3ccccc3Cl)o2)sc2nc(-c3ccccc3)nn12. The predicted octanol–water partition coefficient (Wildman–Crippen LogP) is 4.28. The zero-order valence-electron chi connectivity index (χ0n) is 14.4. The molecule has 0 saturated carbocycles. The first-order valence-corrected chi connectivity index (χ1v) is 9.70. The van der Waals surface area contributed by atoms with Crippen LogP contribution in [-0.2, 0) is 0 Å². The van der Waals surface area contributed by atoms with Gasteiger partial charge >= 0.3 is 0 Å². The molecule has 0 amide bonds. The smallest absolute Gasteiger partial charge is 0.291 e. The Morgan fingerprint density at radius 1 is 1.00 bits per heavy atom. The van der Waals surface area contributed by atoms with E-state index in [4.69, 9.17) is 16.0 Å². The Kier molecular flexibility index (Phi) is 4.07. The summed E-state index contributed by atoms with van der Waals surface area (Å²) in [6.07, 6.45) is 1.70. The lowest BCUT2D eigenvalue weighted by Gasteiger charge is -1.98. The van der Waals surface area contributed by atoms with Crippen molar-refractivity contribution < 1.29 is 4.42 Å². The molecule has 0 aliphatic heterocycles. The summed E-state index contributed by atoms with van der Waals surface area (Å²) in [5.74, 6) is 1.75. The fraction of sp³-hybridized carbons (Fsp3) is 0. The summed E-state index contributed by atoms with van der Waals surface area (Å²) < 4.78 is 7.69. The van der Waals surface area contributed by atoms with Gasteiger partial charge in [0.1, 0.15) is 16.1 Å². The van der Waals surface area contributed by atoms with Gasteiger partial charge in [-0.15, -0.1) is 5.10 Å². The molecule has 0 saturated heterocycles. The predicted molar refractivity (Wildman–Crippen MR) is 111 cm³/mol. The minimum atomic E-state index is -0.217. The van der Waals surface area contributed by atoms with Crippen LogP contribution in [0.5, 0.6) is 0 Å². The molecule has 3 heterocycles. The van der Waals surface area contributed by atoms with Crippen LogP contribution in [0.15, 0.2) is 75.9 Å². The molecule has 5 nitrogen and oxygen atoms in total. The summed E-state index contributed by atoms with van der Waals surface area (Å²) in [6.45, 7) is 0. The average molecular weight is 406 g/mol. The molecule has 0 aliphatic rings. The van der Waals surface area contributed by atoms with Gasteiger partial charge in [0.2, 0.25) is 4.96 Å². The molecule has 0 N–H and O–H groups in total. The second-order valence-corrected chi connectivity index (χ2v) is 7.51. The van der Waals surface area contributed by atoms with Crippen molar-refractivity contribution in [1.29, 1.82) is 0 Å². The third kappa shape index (κ3) is 2.93.